The summed E-state index contributed by atoms with van der Waals surface area (Å²) in [5.74, 6) is -3.94. The maximum Gasteiger partial charge on any atom is 0.316 e. The molecule has 8 nitrogen and oxygen atoms in total. The number of hydrogen-bond acceptors (Lipinski definition) is 6. The number of aromatic nitrogens is 5. The molecule has 31 heavy (non-hydrogen) atoms. The second-order valence-corrected chi connectivity index (χ2v) is 6.87. The topological polar surface area (TPSA) is 86.0 Å². The lowest BCUT2D eigenvalue weighted by molar-refractivity contribution is 0.0165. The van der Waals surface area contributed by atoms with Crippen molar-refractivity contribution in [1.82, 2.24) is 29.9 Å². The summed E-state index contributed by atoms with van der Waals surface area (Å²) in [7, 11) is 0. The lowest BCUT2D eigenvalue weighted by Gasteiger charge is -2.28. The van der Waals surface area contributed by atoms with Crippen LogP contribution < -0.4 is 4.74 Å². The lowest BCUT2D eigenvalue weighted by atomic mass is 10.1. The van der Waals surface area contributed by atoms with Crippen molar-refractivity contribution in [2.75, 3.05) is 13.2 Å². The molecule has 11 heteroatoms. The number of alkyl halides is 2. The highest BCUT2D eigenvalue weighted by atomic mass is 19.3. The third-order valence-electron chi connectivity index (χ3n) is 4.55. The average Bonchev–Trinajstić information content (AvgIpc) is 3.27. The number of benzene rings is 1. The van der Waals surface area contributed by atoms with E-state index >= 15 is 0 Å². The summed E-state index contributed by atoms with van der Waals surface area (Å²) in [5, 5.41) is 7.95. The Bertz CT molecular complexity index is 1020. The molecule has 0 aliphatic carbocycles. The molecule has 0 N–H and O–H groups in total. The molecule has 0 aliphatic rings. The summed E-state index contributed by atoms with van der Waals surface area (Å²) >= 11 is 0. The number of ether oxygens (including phenoxy) is 1. The van der Waals surface area contributed by atoms with Crippen LogP contribution >= 0.6 is 0 Å². The van der Waals surface area contributed by atoms with Crippen LogP contribution in [0.25, 0.3) is 5.69 Å². The number of hydrogen-bond donors (Lipinski definition) is 0. The van der Waals surface area contributed by atoms with Gasteiger partial charge in [-0.2, -0.15) is 15.0 Å². The van der Waals surface area contributed by atoms with Gasteiger partial charge in [0.2, 0.25) is 0 Å². The van der Waals surface area contributed by atoms with E-state index in [9.17, 15) is 18.0 Å². The van der Waals surface area contributed by atoms with E-state index < -0.39 is 17.8 Å². The first kappa shape index (κ1) is 22.2. The predicted octanol–water partition coefficient (Wildman–Crippen LogP) is 3.24. The summed E-state index contributed by atoms with van der Waals surface area (Å²) in [4.78, 5) is 23.4. The van der Waals surface area contributed by atoms with E-state index in [1.54, 1.807) is 13.8 Å². The lowest BCUT2D eigenvalue weighted by Crippen LogP contribution is -2.42. The normalized spacial score (nSPS) is 12.5. The minimum atomic E-state index is -3.05. The summed E-state index contributed by atoms with van der Waals surface area (Å²) in [6.07, 6.45) is 4.84. The first-order valence-corrected chi connectivity index (χ1v) is 9.51. The van der Waals surface area contributed by atoms with Gasteiger partial charge in [-0.05, 0) is 26.0 Å². The summed E-state index contributed by atoms with van der Waals surface area (Å²) < 4.78 is 45.8. The number of nitrogens with zero attached hydrogens (tertiary/aromatic N) is 6. The van der Waals surface area contributed by atoms with Gasteiger partial charge in [-0.25, -0.2) is 23.1 Å². The first-order valence-electron chi connectivity index (χ1n) is 9.51. The zero-order valence-corrected chi connectivity index (χ0v) is 17.2. The Morgan fingerprint density at radius 2 is 1.87 bits per heavy atom. The van der Waals surface area contributed by atoms with Crippen LogP contribution in [-0.2, 0) is 5.92 Å². The molecule has 1 aromatic carbocycles. The minimum Gasteiger partial charge on any atom is -0.461 e. The van der Waals surface area contributed by atoms with Crippen molar-refractivity contribution in [2.45, 2.75) is 32.7 Å². The zero-order chi connectivity index (χ0) is 22.6. The highest BCUT2D eigenvalue weighted by Crippen LogP contribution is 2.26. The summed E-state index contributed by atoms with van der Waals surface area (Å²) in [6.45, 7) is 4.66. The van der Waals surface area contributed by atoms with E-state index in [-0.39, 0.29) is 35.3 Å². The highest BCUT2D eigenvalue weighted by Gasteiger charge is 2.26. The molecular weight excluding hydrogens is 413 g/mol. The molecule has 1 atom stereocenters. The molecule has 0 spiro atoms. The van der Waals surface area contributed by atoms with Crippen molar-refractivity contribution in [1.29, 1.82) is 0 Å². The molecule has 0 radical (unpaired) electrons. The molecule has 0 fully saturated rings. The average molecular weight is 434 g/mol. The smallest absolute Gasteiger partial charge is 0.316 e. The van der Waals surface area contributed by atoms with Crippen molar-refractivity contribution in [3.8, 4) is 11.7 Å². The van der Waals surface area contributed by atoms with Gasteiger partial charge in [-0.3, -0.25) is 4.79 Å². The molecule has 3 aromatic rings. The Morgan fingerprint density at radius 1 is 1.23 bits per heavy atom. The SMILES string of the molecule is CCN(C(=O)c1ccc(F)cc1-n1nccn1)[C@@H](C)COc1ncc(C(C)(F)F)cn1. The molecule has 0 saturated heterocycles. The van der Waals surface area contributed by atoms with Crippen LogP contribution in [-0.4, -0.2) is 55.0 Å². The van der Waals surface area contributed by atoms with Gasteiger partial charge >= 0.3 is 6.01 Å². The van der Waals surface area contributed by atoms with Crippen LogP contribution in [0.4, 0.5) is 13.2 Å². The third kappa shape index (κ3) is 5.16. The molecule has 0 saturated carbocycles. The Labute approximate surface area is 176 Å². The van der Waals surface area contributed by atoms with Crippen LogP contribution in [0, 0.1) is 5.82 Å². The second kappa shape index (κ2) is 9.11. The van der Waals surface area contributed by atoms with E-state index in [0.29, 0.717) is 6.54 Å². The van der Waals surface area contributed by atoms with Gasteiger partial charge in [-0.15, -0.1) is 0 Å². The fourth-order valence-corrected chi connectivity index (χ4v) is 2.90. The van der Waals surface area contributed by atoms with Gasteiger partial charge in [0.25, 0.3) is 11.8 Å². The molecule has 2 aromatic heterocycles. The first-order chi connectivity index (χ1) is 14.7. The minimum absolute atomic E-state index is 0.0258. The van der Waals surface area contributed by atoms with Crippen LogP contribution in [0.2, 0.25) is 0 Å². The number of halogens is 3. The number of rotatable bonds is 8. The van der Waals surface area contributed by atoms with Crippen molar-refractivity contribution < 1.29 is 22.7 Å². The monoisotopic (exact) mass is 434 g/mol. The van der Waals surface area contributed by atoms with Crippen molar-refractivity contribution >= 4 is 5.91 Å². The molecule has 0 unspecified atom stereocenters. The molecule has 0 aliphatic heterocycles. The highest BCUT2D eigenvalue weighted by molar-refractivity contribution is 5.97. The van der Waals surface area contributed by atoms with Crippen molar-refractivity contribution in [3.05, 3.63) is 59.9 Å². The van der Waals surface area contributed by atoms with Crippen LogP contribution in [0.15, 0.2) is 43.0 Å². The Hall–Kier alpha value is -3.50. The molecule has 0 bridgehead atoms. The van der Waals surface area contributed by atoms with Crippen LogP contribution in [0.1, 0.15) is 36.7 Å². The standard InChI is InChI=1S/C20H21F3N6O2/c1-4-28(13(2)12-31-19-24-10-14(11-25-19)20(3,22)23)18(30)16-6-5-15(21)9-17(16)29-26-7-8-27-29/h5-11,13H,4,12H2,1-3H3/t13-/m0/s1. The van der Waals surface area contributed by atoms with E-state index in [1.165, 1.54) is 40.3 Å². The Balaban J connectivity index is 1.74. The number of amides is 1. The second-order valence-electron chi connectivity index (χ2n) is 6.87. The van der Waals surface area contributed by atoms with Crippen LogP contribution in [0.3, 0.4) is 0 Å². The summed E-state index contributed by atoms with van der Waals surface area (Å²) in [5.41, 5.74) is 0.104. The van der Waals surface area contributed by atoms with Crippen molar-refractivity contribution in [3.63, 3.8) is 0 Å². The summed E-state index contributed by atoms with van der Waals surface area (Å²) in [6, 6.07) is 3.25. The number of carbonyl (C=O) groups excluding carboxylic acids is 1. The zero-order valence-electron chi connectivity index (χ0n) is 17.2. The molecule has 2 heterocycles. The quantitative estimate of drug-likeness (QED) is 0.541. The third-order valence-corrected chi connectivity index (χ3v) is 4.55. The Kier molecular flexibility index (Phi) is 6.52. The largest absolute Gasteiger partial charge is 0.461 e. The van der Waals surface area contributed by atoms with E-state index in [0.717, 1.165) is 19.3 Å². The predicted molar refractivity (Wildman–Crippen MR) is 105 cm³/mol. The van der Waals surface area contributed by atoms with Gasteiger partial charge in [-0.1, -0.05) is 0 Å². The van der Waals surface area contributed by atoms with Crippen molar-refractivity contribution in [2.24, 2.45) is 0 Å². The van der Waals surface area contributed by atoms with Gasteiger partial charge in [0.05, 0.1) is 29.6 Å². The van der Waals surface area contributed by atoms with Gasteiger partial charge < -0.3 is 9.64 Å². The number of carbonyl (C=O) groups is 1. The molecule has 164 valence electrons. The van der Waals surface area contributed by atoms with Gasteiger partial charge in [0.1, 0.15) is 18.1 Å². The van der Waals surface area contributed by atoms with E-state index in [2.05, 4.69) is 20.2 Å². The van der Waals surface area contributed by atoms with E-state index in [1.807, 2.05) is 0 Å². The van der Waals surface area contributed by atoms with E-state index in [4.69, 9.17) is 4.74 Å². The maximum absolute atomic E-state index is 13.8. The molecular formula is C20H21F3N6O2. The number of likely N-dealkylation sites (N-methyl/N-ethyl adjacent to an activating group) is 1. The fourth-order valence-electron chi connectivity index (χ4n) is 2.90. The Morgan fingerprint density at radius 3 is 2.45 bits per heavy atom. The van der Waals surface area contributed by atoms with Crippen LogP contribution in [0.5, 0.6) is 6.01 Å². The fraction of sp³-hybridized carbons (Fsp3) is 0.350. The van der Waals surface area contributed by atoms with Gasteiger partial charge in [0, 0.05) is 31.9 Å². The van der Waals surface area contributed by atoms with Gasteiger partial charge in [0.15, 0.2) is 0 Å². The molecule has 1 amide bonds. The molecule has 3 rings (SSSR count). The maximum atomic E-state index is 13.8.